The summed E-state index contributed by atoms with van der Waals surface area (Å²) in [5.74, 6) is -0.662. The highest BCUT2D eigenvalue weighted by atomic mass is 32.1. The third-order valence-electron chi connectivity index (χ3n) is 5.80. The van der Waals surface area contributed by atoms with Gasteiger partial charge in [0.05, 0.1) is 48.0 Å². The van der Waals surface area contributed by atoms with Crippen LogP contribution in [0.3, 0.4) is 0 Å². The Morgan fingerprint density at radius 3 is 2.71 bits per heavy atom. The fourth-order valence-electron chi connectivity index (χ4n) is 4.31. The number of carbonyl (C=O) groups is 2. The lowest BCUT2D eigenvalue weighted by Gasteiger charge is -2.28. The number of aromatic amines is 1. The zero-order chi connectivity index (χ0) is 24.4. The van der Waals surface area contributed by atoms with Crippen LogP contribution in [0.25, 0.3) is 0 Å². The van der Waals surface area contributed by atoms with Gasteiger partial charge in [-0.05, 0) is 19.9 Å². The molecule has 0 fully saturated rings. The van der Waals surface area contributed by atoms with E-state index in [1.54, 1.807) is 25.1 Å². The van der Waals surface area contributed by atoms with E-state index in [2.05, 4.69) is 9.97 Å². The van der Waals surface area contributed by atoms with Gasteiger partial charge in [0.1, 0.15) is 12.4 Å². The molecule has 0 aliphatic carbocycles. The Kier molecular flexibility index (Phi) is 6.69. The molecule has 0 saturated heterocycles. The maximum atomic E-state index is 13.7. The van der Waals surface area contributed by atoms with Gasteiger partial charge in [-0.15, -0.1) is 11.3 Å². The van der Waals surface area contributed by atoms with Crippen molar-refractivity contribution in [3.63, 3.8) is 0 Å². The Morgan fingerprint density at radius 2 is 2.09 bits per heavy atom. The van der Waals surface area contributed by atoms with E-state index in [4.69, 9.17) is 9.47 Å². The quantitative estimate of drug-likeness (QED) is 0.358. The topological polar surface area (TPSA) is 109 Å². The number of rotatable bonds is 9. The van der Waals surface area contributed by atoms with E-state index in [-0.39, 0.29) is 5.57 Å². The van der Waals surface area contributed by atoms with Crippen molar-refractivity contribution < 1.29 is 28.7 Å². The molecule has 1 aliphatic heterocycles. The van der Waals surface area contributed by atoms with Crippen LogP contribution < -0.4 is 14.0 Å². The number of ketones is 1. The second-order valence-corrected chi connectivity index (χ2v) is 9.13. The molecule has 1 amide bonds. The van der Waals surface area contributed by atoms with Crippen LogP contribution in [0.1, 0.15) is 38.4 Å². The minimum absolute atomic E-state index is 0.0256. The van der Waals surface area contributed by atoms with Crippen LogP contribution in [0.5, 0.6) is 11.5 Å². The number of aliphatic hydroxyl groups excluding tert-OH is 1. The zero-order valence-corrected chi connectivity index (χ0v) is 20.3. The van der Waals surface area contributed by atoms with E-state index in [0.717, 1.165) is 5.01 Å². The van der Waals surface area contributed by atoms with Gasteiger partial charge < -0.3 is 19.5 Å². The molecule has 178 valence electrons. The van der Waals surface area contributed by atoms with Gasteiger partial charge in [-0.3, -0.25) is 14.6 Å². The average Bonchev–Trinajstić information content (AvgIpc) is 3.53. The van der Waals surface area contributed by atoms with E-state index in [1.165, 1.54) is 30.5 Å². The monoisotopic (exact) mass is 483 g/mol. The van der Waals surface area contributed by atoms with Gasteiger partial charge in [-0.25, -0.2) is 9.55 Å². The molecule has 0 bridgehead atoms. The largest absolute Gasteiger partial charge is 0.503 e. The van der Waals surface area contributed by atoms with E-state index in [0.29, 0.717) is 47.1 Å². The highest BCUT2D eigenvalue weighted by Gasteiger charge is 2.45. The van der Waals surface area contributed by atoms with Crippen LogP contribution in [-0.2, 0) is 11.3 Å². The number of carbonyl (C=O) groups excluding carboxylic acids is 2. The molecule has 0 saturated carbocycles. The SMILES string of the molecule is COc1cccc(C2C(C(=O)c3sc(C)nc3C)=C(O)C(=O)N2CCC[n+]2cc[nH]c2)c1OC. The number of para-hydroxylation sites is 1. The van der Waals surface area contributed by atoms with Gasteiger partial charge >= 0.3 is 0 Å². The van der Waals surface area contributed by atoms with Crippen molar-refractivity contribution in [1.29, 1.82) is 0 Å². The lowest BCUT2D eigenvalue weighted by molar-refractivity contribution is -0.695. The molecule has 3 aromatic rings. The number of hydrogen-bond donors (Lipinski definition) is 2. The van der Waals surface area contributed by atoms with Crippen molar-refractivity contribution in [2.24, 2.45) is 0 Å². The number of ether oxygens (including phenoxy) is 2. The van der Waals surface area contributed by atoms with E-state index >= 15 is 0 Å². The predicted molar refractivity (Wildman–Crippen MR) is 125 cm³/mol. The number of hydrogen-bond acceptors (Lipinski definition) is 7. The van der Waals surface area contributed by atoms with Crippen LogP contribution in [0.15, 0.2) is 48.3 Å². The van der Waals surface area contributed by atoms with Crippen LogP contribution >= 0.6 is 11.3 Å². The number of nitrogens with one attached hydrogen (secondary N) is 1. The van der Waals surface area contributed by atoms with Crippen LogP contribution in [0.4, 0.5) is 0 Å². The Morgan fingerprint density at radius 1 is 1.29 bits per heavy atom. The molecule has 1 atom stereocenters. The standard InChI is InChI=1S/C24H26N4O5S/c1-14-23(34-15(2)26-14)20(29)18-19(16-7-5-8-17(32-3)22(16)33-4)28(24(31)21(18)30)11-6-10-27-12-9-25-13-27/h5,7-9,12-13,19H,6,10-11H2,1-4H3,(H,29,30)/p+1. The van der Waals surface area contributed by atoms with Crippen molar-refractivity contribution in [2.75, 3.05) is 20.8 Å². The fraction of sp³-hybridized carbons (Fsp3) is 0.333. The summed E-state index contributed by atoms with van der Waals surface area (Å²) in [6.07, 6.45) is 6.15. The minimum atomic E-state index is -0.830. The van der Waals surface area contributed by atoms with E-state index in [1.807, 2.05) is 30.2 Å². The summed E-state index contributed by atoms with van der Waals surface area (Å²) in [7, 11) is 3.03. The van der Waals surface area contributed by atoms with Crippen molar-refractivity contribution in [1.82, 2.24) is 14.9 Å². The number of aliphatic hydroxyl groups is 1. The molecule has 9 nitrogen and oxygen atoms in total. The number of methoxy groups -OCH3 is 2. The minimum Gasteiger partial charge on any atom is -0.503 e. The number of aryl methyl sites for hydroxylation is 3. The first kappa shape index (κ1) is 23.5. The Balaban J connectivity index is 1.78. The molecule has 10 heteroatoms. The average molecular weight is 484 g/mol. The van der Waals surface area contributed by atoms with Crippen LogP contribution in [0, 0.1) is 13.8 Å². The smallest absolute Gasteiger partial charge is 0.290 e. The molecule has 2 aromatic heterocycles. The molecule has 1 aromatic carbocycles. The summed E-state index contributed by atoms with van der Waals surface area (Å²) in [6, 6.07) is 4.47. The first-order chi connectivity index (χ1) is 16.4. The number of benzene rings is 1. The number of nitrogens with zero attached hydrogens (tertiary/aromatic N) is 3. The summed E-state index contributed by atoms with van der Waals surface area (Å²) in [5.41, 5.74) is 1.16. The Bertz CT molecular complexity index is 1250. The van der Waals surface area contributed by atoms with Gasteiger partial charge in [-0.1, -0.05) is 12.1 Å². The Labute approximate surface area is 201 Å². The van der Waals surface area contributed by atoms with E-state index in [9.17, 15) is 14.7 Å². The first-order valence-corrected chi connectivity index (χ1v) is 11.6. The zero-order valence-electron chi connectivity index (χ0n) is 19.5. The molecular weight excluding hydrogens is 456 g/mol. The van der Waals surface area contributed by atoms with Crippen molar-refractivity contribution in [3.8, 4) is 11.5 Å². The number of amides is 1. The number of H-pyrrole nitrogens is 1. The number of thiazole rings is 1. The second kappa shape index (κ2) is 9.68. The summed E-state index contributed by atoms with van der Waals surface area (Å²) in [4.78, 5) is 36.2. The summed E-state index contributed by atoms with van der Waals surface area (Å²) >= 11 is 1.25. The van der Waals surface area contributed by atoms with Crippen molar-refractivity contribution in [2.45, 2.75) is 32.9 Å². The molecule has 1 unspecified atom stereocenters. The van der Waals surface area contributed by atoms with Gasteiger partial charge in [0, 0.05) is 18.5 Å². The van der Waals surface area contributed by atoms with Gasteiger partial charge in [0.15, 0.2) is 17.3 Å². The Hall–Kier alpha value is -3.66. The normalized spacial score (nSPS) is 15.8. The number of aromatic nitrogens is 3. The highest BCUT2D eigenvalue weighted by molar-refractivity contribution is 7.14. The molecule has 34 heavy (non-hydrogen) atoms. The molecule has 1 aliphatic rings. The fourth-order valence-corrected chi connectivity index (χ4v) is 5.19. The third kappa shape index (κ3) is 4.16. The third-order valence-corrected chi connectivity index (χ3v) is 6.88. The molecule has 4 rings (SSSR count). The lowest BCUT2D eigenvalue weighted by Crippen LogP contribution is -2.36. The number of imidazole rings is 1. The van der Waals surface area contributed by atoms with Crippen molar-refractivity contribution >= 4 is 23.0 Å². The van der Waals surface area contributed by atoms with Gasteiger partial charge in [-0.2, -0.15) is 0 Å². The first-order valence-electron chi connectivity index (χ1n) is 10.8. The molecule has 2 N–H and O–H groups in total. The molecule has 0 radical (unpaired) electrons. The summed E-state index contributed by atoms with van der Waals surface area (Å²) in [5, 5.41) is 11.7. The lowest BCUT2D eigenvalue weighted by atomic mass is 9.94. The molecule has 3 heterocycles. The molecule has 0 spiro atoms. The maximum absolute atomic E-state index is 13.7. The second-order valence-electron chi connectivity index (χ2n) is 7.93. The summed E-state index contributed by atoms with van der Waals surface area (Å²) < 4.78 is 13.0. The van der Waals surface area contributed by atoms with Gasteiger partial charge in [0.25, 0.3) is 5.91 Å². The van der Waals surface area contributed by atoms with Crippen LogP contribution in [-0.4, -0.2) is 52.4 Å². The predicted octanol–water partition coefficient (Wildman–Crippen LogP) is 3.06. The molecular formula is C24H27N4O5S+. The summed E-state index contributed by atoms with van der Waals surface area (Å²) in [6.45, 7) is 4.55. The van der Waals surface area contributed by atoms with Gasteiger partial charge in [0.2, 0.25) is 12.1 Å². The van der Waals surface area contributed by atoms with Crippen molar-refractivity contribution in [3.05, 3.63) is 69.4 Å². The number of Topliss-reactive ketones (excluding diaryl/α,β-unsaturated/α-hetero) is 1. The van der Waals surface area contributed by atoms with E-state index < -0.39 is 23.5 Å². The van der Waals surface area contributed by atoms with Crippen LogP contribution in [0.2, 0.25) is 0 Å². The highest BCUT2D eigenvalue weighted by Crippen LogP contribution is 2.45. The maximum Gasteiger partial charge on any atom is 0.290 e.